The predicted molar refractivity (Wildman–Crippen MR) is 96.4 cm³/mol. The third-order valence-electron chi connectivity index (χ3n) is 3.60. The molecule has 128 valence electrons. The van der Waals surface area contributed by atoms with Gasteiger partial charge in [-0.25, -0.2) is 9.97 Å². The summed E-state index contributed by atoms with van der Waals surface area (Å²) in [5, 5.41) is 18.8. The fraction of sp³-hybridized carbons (Fsp3) is 0.133. The van der Waals surface area contributed by atoms with Crippen molar-refractivity contribution < 1.29 is 0 Å². The molecule has 3 aromatic rings. The van der Waals surface area contributed by atoms with Crippen LogP contribution in [0.15, 0.2) is 18.7 Å². The number of nitrogens with one attached hydrogen (secondary N) is 2. The lowest BCUT2D eigenvalue weighted by Crippen LogP contribution is -2.06. The molecule has 0 unspecified atom stereocenters. The molecular weight excluding hydrogens is 320 g/mol. The summed E-state index contributed by atoms with van der Waals surface area (Å²) in [6.45, 7) is 6.23. The number of aryl methyl sites for hydroxylation is 1. The molecule has 0 atom stereocenters. The molecule has 0 fully saturated rings. The highest BCUT2D eigenvalue weighted by Crippen LogP contribution is 2.26. The lowest BCUT2D eigenvalue weighted by molar-refractivity contribution is 0.667. The third kappa shape index (κ3) is 2.80. The molecule has 0 bridgehead atoms. The van der Waals surface area contributed by atoms with Gasteiger partial charge >= 0.3 is 0 Å². The quantitative estimate of drug-likeness (QED) is 0.428. The Morgan fingerprint density at radius 3 is 2.76 bits per heavy atom. The normalized spacial score (nSPS) is 10.8. The van der Waals surface area contributed by atoms with Gasteiger partial charge in [0.2, 0.25) is 5.82 Å². The van der Waals surface area contributed by atoms with Gasteiger partial charge in [-0.1, -0.05) is 6.58 Å². The zero-order valence-corrected chi connectivity index (χ0v) is 13.6. The zero-order valence-electron chi connectivity index (χ0n) is 13.6. The van der Waals surface area contributed by atoms with Gasteiger partial charge < -0.3 is 22.6 Å². The van der Waals surface area contributed by atoms with E-state index in [9.17, 15) is 0 Å². The molecule has 0 saturated heterocycles. The summed E-state index contributed by atoms with van der Waals surface area (Å²) in [5.41, 5.74) is 19.9. The summed E-state index contributed by atoms with van der Waals surface area (Å²) in [6, 6.07) is 3.26. The van der Waals surface area contributed by atoms with Crippen molar-refractivity contribution in [2.75, 3.05) is 11.5 Å². The zero-order chi connectivity index (χ0) is 18.1. The van der Waals surface area contributed by atoms with E-state index in [0.717, 1.165) is 6.21 Å². The van der Waals surface area contributed by atoms with Gasteiger partial charge in [-0.3, -0.25) is 9.78 Å². The molecular formula is C15H18N10. The minimum atomic E-state index is 0.261. The average molecular weight is 338 g/mol. The van der Waals surface area contributed by atoms with Gasteiger partial charge in [-0.2, -0.15) is 10.2 Å². The number of rotatable bonds is 5. The fourth-order valence-corrected chi connectivity index (χ4v) is 2.41. The number of nitrogen functional groups attached to an aromatic ring is 2. The maximum Gasteiger partial charge on any atom is 0.200 e. The predicted octanol–water partition coefficient (Wildman–Crippen LogP) is 0.842. The Hall–Kier alpha value is -3.69. The summed E-state index contributed by atoms with van der Waals surface area (Å²) in [4.78, 5) is 8.83. The highest BCUT2D eigenvalue weighted by atomic mass is 15.3. The second-order valence-corrected chi connectivity index (χ2v) is 5.31. The highest BCUT2D eigenvalue weighted by molar-refractivity contribution is 5.93. The Labute approximate surface area is 143 Å². The van der Waals surface area contributed by atoms with Gasteiger partial charge in [-0.15, -0.1) is 0 Å². The molecule has 3 rings (SSSR count). The number of aromatic amines is 1. The van der Waals surface area contributed by atoms with Gasteiger partial charge in [-0.05, 0) is 13.0 Å². The number of hydrogen-bond donors (Lipinski definition) is 5. The molecule has 0 aromatic carbocycles. The summed E-state index contributed by atoms with van der Waals surface area (Å²) in [6.07, 6.45) is 1.10. The van der Waals surface area contributed by atoms with E-state index in [1.54, 1.807) is 16.8 Å². The molecule has 0 aliphatic heterocycles. The highest BCUT2D eigenvalue weighted by Gasteiger charge is 2.18. The van der Waals surface area contributed by atoms with E-state index < -0.39 is 0 Å². The summed E-state index contributed by atoms with van der Waals surface area (Å²) in [5.74, 6) is 1.15. The van der Waals surface area contributed by atoms with Gasteiger partial charge in [0.05, 0.1) is 11.4 Å². The Kier molecular flexibility index (Phi) is 3.93. The summed E-state index contributed by atoms with van der Waals surface area (Å²) >= 11 is 0. The molecule has 25 heavy (non-hydrogen) atoms. The van der Waals surface area contributed by atoms with Crippen molar-refractivity contribution in [3.63, 3.8) is 0 Å². The second-order valence-electron chi connectivity index (χ2n) is 5.31. The number of H-pyrrole nitrogens is 1. The standard InChI is InChI=1S/C15H18N10/c1-3-25-11(5-12(19)24-25)14-21-15(23-22-14)13-8(6-16)9(18)4-10(20-13)7(2)17/h4-6,16H,2-3,17H2,1H3,(H2,18,20)(H2,19,24)(H,21,22,23). The topological polar surface area (TPSA) is 174 Å². The molecule has 0 aliphatic rings. The number of hydrogen-bond acceptors (Lipinski definition) is 8. The van der Waals surface area contributed by atoms with E-state index in [1.165, 1.54) is 0 Å². The van der Waals surface area contributed by atoms with Crippen LogP contribution in [0.1, 0.15) is 18.2 Å². The number of nitrogens with two attached hydrogens (primary N) is 3. The van der Waals surface area contributed by atoms with Crippen molar-refractivity contribution in [2.24, 2.45) is 5.73 Å². The molecule has 10 heteroatoms. The van der Waals surface area contributed by atoms with Crippen LogP contribution in [0.5, 0.6) is 0 Å². The minimum Gasteiger partial charge on any atom is -0.398 e. The van der Waals surface area contributed by atoms with Crippen molar-refractivity contribution in [2.45, 2.75) is 13.5 Å². The van der Waals surface area contributed by atoms with E-state index in [1.807, 2.05) is 6.92 Å². The van der Waals surface area contributed by atoms with Crippen molar-refractivity contribution in [3.8, 4) is 23.0 Å². The largest absolute Gasteiger partial charge is 0.398 e. The van der Waals surface area contributed by atoms with Crippen molar-refractivity contribution >= 4 is 23.4 Å². The van der Waals surface area contributed by atoms with Gasteiger partial charge in [0.15, 0.2) is 5.82 Å². The van der Waals surface area contributed by atoms with Crippen LogP contribution >= 0.6 is 0 Å². The van der Waals surface area contributed by atoms with Crippen LogP contribution in [0.2, 0.25) is 0 Å². The lowest BCUT2D eigenvalue weighted by atomic mass is 10.1. The van der Waals surface area contributed by atoms with Crippen LogP contribution < -0.4 is 17.2 Å². The van der Waals surface area contributed by atoms with E-state index >= 15 is 0 Å². The summed E-state index contributed by atoms with van der Waals surface area (Å²) in [7, 11) is 0. The smallest absolute Gasteiger partial charge is 0.200 e. The number of pyridine rings is 1. The Balaban J connectivity index is 2.14. The van der Waals surface area contributed by atoms with Gasteiger partial charge in [0.25, 0.3) is 0 Å². The Morgan fingerprint density at radius 2 is 2.12 bits per heavy atom. The first-order valence-corrected chi connectivity index (χ1v) is 7.46. The van der Waals surface area contributed by atoms with Crippen LogP contribution in [0.3, 0.4) is 0 Å². The molecule has 0 amide bonds. The monoisotopic (exact) mass is 338 g/mol. The average Bonchev–Trinajstić information content (AvgIpc) is 3.20. The molecule has 10 nitrogen and oxygen atoms in total. The summed E-state index contributed by atoms with van der Waals surface area (Å²) < 4.78 is 1.71. The van der Waals surface area contributed by atoms with E-state index in [2.05, 4.69) is 31.8 Å². The fourth-order valence-electron chi connectivity index (χ4n) is 2.41. The minimum absolute atomic E-state index is 0.261. The second kappa shape index (κ2) is 6.07. The molecule has 0 aliphatic carbocycles. The molecule has 3 aromatic heterocycles. The maximum atomic E-state index is 7.60. The first kappa shape index (κ1) is 16.2. The number of anilines is 2. The number of nitrogens with zero attached hydrogens (tertiary/aromatic N) is 5. The van der Waals surface area contributed by atoms with Crippen LogP contribution in [-0.4, -0.2) is 36.2 Å². The van der Waals surface area contributed by atoms with Gasteiger partial charge in [0.1, 0.15) is 17.2 Å². The van der Waals surface area contributed by atoms with Crippen LogP contribution in [0.4, 0.5) is 11.5 Å². The van der Waals surface area contributed by atoms with Crippen molar-refractivity contribution in [1.29, 1.82) is 5.41 Å². The Bertz CT molecular complexity index is 965. The van der Waals surface area contributed by atoms with Crippen molar-refractivity contribution in [3.05, 3.63) is 30.0 Å². The lowest BCUT2D eigenvalue weighted by Gasteiger charge is -2.08. The van der Waals surface area contributed by atoms with Crippen LogP contribution in [0, 0.1) is 5.41 Å². The Morgan fingerprint density at radius 1 is 1.36 bits per heavy atom. The number of aromatic nitrogens is 6. The van der Waals surface area contributed by atoms with Crippen LogP contribution in [0.25, 0.3) is 28.7 Å². The van der Waals surface area contributed by atoms with Crippen LogP contribution in [-0.2, 0) is 6.54 Å². The molecule has 0 saturated carbocycles. The first-order chi connectivity index (χ1) is 11.9. The SMILES string of the molecule is C=C(N)c1cc(N)c(C=N)c(-c2n[nH]c(-c3cc(N)nn3CC)n2)n1. The maximum absolute atomic E-state index is 7.60. The van der Waals surface area contributed by atoms with E-state index in [0.29, 0.717) is 46.5 Å². The molecule has 3 heterocycles. The third-order valence-corrected chi connectivity index (χ3v) is 3.60. The molecule has 0 spiro atoms. The van der Waals surface area contributed by atoms with E-state index in [-0.39, 0.29) is 11.5 Å². The van der Waals surface area contributed by atoms with E-state index in [4.69, 9.17) is 22.6 Å². The van der Waals surface area contributed by atoms with Gasteiger partial charge in [0, 0.05) is 30.1 Å². The first-order valence-electron chi connectivity index (χ1n) is 7.46. The molecule has 8 N–H and O–H groups in total. The molecule has 0 radical (unpaired) electrons. The van der Waals surface area contributed by atoms with Crippen molar-refractivity contribution in [1.82, 2.24) is 29.9 Å².